The van der Waals surface area contributed by atoms with E-state index in [1.807, 2.05) is 6.07 Å². The van der Waals surface area contributed by atoms with Gasteiger partial charge in [0, 0.05) is 11.7 Å². The zero-order valence-corrected chi connectivity index (χ0v) is 12.2. The number of rotatable bonds is 3. The molecule has 1 N–H and O–H groups in total. The van der Waals surface area contributed by atoms with Crippen molar-refractivity contribution in [3.8, 4) is 0 Å². The van der Waals surface area contributed by atoms with Crippen molar-refractivity contribution in [2.75, 3.05) is 0 Å². The summed E-state index contributed by atoms with van der Waals surface area (Å²) in [6, 6.07) is 19.2. The molecule has 2 aromatic carbocycles. The third kappa shape index (κ3) is 3.32. The highest BCUT2D eigenvalue weighted by molar-refractivity contribution is 5.68. The van der Waals surface area contributed by atoms with E-state index < -0.39 is 0 Å². The molecule has 0 amide bonds. The summed E-state index contributed by atoms with van der Waals surface area (Å²) >= 11 is 0. The van der Waals surface area contributed by atoms with Crippen LogP contribution in [0.3, 0.4) is 0 Å². The summed E-state index contributed by atoms with van der Waals surface area (Å²) in [7, 11) is 0. The molecule has 3 rings (SSSR count). The second-order valence-electron chi connectivity index (χ2n) is 5.22. The predicted octanol–water partition coefficient (Wildman–Crippen LogP) is 4.96. The first-order valence-corrected chi connectivity index (χ1v) is 7.30. The van der Waals surface area contributed by atoms with Crippen molar-refractivity contribution >= 4 is 12.2 Å². The van der Waals surface area contributed by atoms with Crippen LogP contribution in [-0.4, -0.2) is 0 Å². The van der Waals surface area contributed by atoms with E-state index >= 15 is 0 Å². The van der Waals surface area contributed by atoms with Gasteiger partial charge < -0.3 is 5.32 Å². The van der Waals surface area contributed by atoms with E-state index in [0.717, 1.165) is 5.70 Å². The molecule has 0 saturated carbocycles. The zero-order chi connectivity index (χ0) is 14.5. The van der Waals surface area contributed by atoms with Crippen LogP contribution in [0.1, 0.15) is 29.7 Å². The van der Waals surface area contributed by atoms with Gasteiger partial charge in [0.1, 0.15) is 0 Å². The van der Waals surface area contributed by atoms with Crippen molar-refractivity contribution < 1.29 is 0 Å². The van der Waals surface area contributed by atoms with Crippen molar-refractivity contribution in [2.24, 2.45) is 0 Å². The maximum Gasteiger partial charge on any atom is 0.0485 e. The highest BCUT2D eigenvalue weighted by Crippen LogP contribution is 2.18. The van der Waals surface area contributed by atoms with Gasteiger partial charge in [0.2, 0.25) is 0 Å². The monoisotopic (exact) mass is 273 g/mol. The van der Waals surface area contributed by atoms with Crippen LogP contribution < -0.4 is 5.32 Å². The van der Waals surface area contributed by atoms with Crippen molar-refractivity contribution in [1.82, 2.24) is 5.32 Å². The summed E-state index contributed by atoms with van der Waals surface area (Å²) in [5, 5.41) is 3.56. The lowest BCUT2D eigenvalue weighted by atomic mass is 10.0. The van der Waals surface area contributed by atoms with Gasteiger partial charge in [-0.2, -0.15) is 0 Å². The number of hydrogen-bond donors (Lipinski definition) is 1. The van der Waals surface area contributed by atoms with E-state index in [1.54, 1.807) is 0 Å². The fourth-order valence-electron chi connectivity index (χ4n) is 2.48. The van der Waals surface area contributed by atoms with Gasteiger partial charge in [-0.05, 0) is 35.8 Å². The van der Waals surface area contributed by atoms with Crippen molar-refractivity contribution in [3.63, 3.8) is 0 Å². The van der Waals surface area contributed by atoms with Crippen LogP contribution in [0.25, 0.3) is 12.2 Å². The van der Waals surface area contributed by atoms with Crippen LogP contribution in [0.5, 0.6) is 0 Å². The van der Waals surface area contributed by atoms with Gasteiger partial charge in [0.05, 0.1) is 0 Å². The van der Waals surface area contributed by atoms with Crippen LogP contribution in [0.4, 0.5) is 0 Å². The minimum absolute atomic E-state index is 0.283. The fourth-order valence-corrected chi connectivity index (χ4v) is 2.48. The number of hydrogen-bond acceptors (Lipinski definition) is 1. The summed E-state index contributed by atoms with van der Waals surface area (Å²) in [4.78, 5) is 0. The molecule has 0 radical (unpaired) electrons. The Balaban J connectivity index is 1.79. The average Bonchev–Trinajstić information content (AvgIpc) is 2.51. The predicted molar refractivity (Wildman–Crippen MR) is 90.6 cm³/mol. The minimum Gasteiger partial charge on any atom is -0.379 e. The van der Waals surface area contributed by atoms with E-state index in [2.05, 4.69) is 91.2 Å². The molecular formula is C20H19N. The van der Waals surface area contributed by atoms with E-state index in [-0.39, 0.29) is 6.04 Å². The Labute approximate surface area is 126 Å². The van der Waals surface area contributed by atoms with Gasteiger partial charge in [-0.25, -0.2) is 0 Å². The highest BCUT2D eigenvalue weighted by Gasteiger charge is 2.05. The number of benzene rings is 2. The third-order valence-corrected chi connectivity index (χ3v) is 3.67. The quantitative estimate of drug-likeness (QED) is 0.833. The summed E-state index contributed by atoms with van der Waals surface area (Å²) in [6.45, 7) is 2.18. The molecule has 104 valence electrons. The molecule has 1 nitrogen and oxygen atoms in total. The standard InChI is InChI=1S/C20H19N/c1-16(17-8-3-2-4-9-17)21-20-13-7-12-18-10-5-6-11-19(18)14-15-20/h2-16,21H,1H3/b12-7-,13-7?,15-14-,18-12?,19-14?,20-13+,20-15?/t16-/m1/s1. The first-order valence-electron chi connectivity index (χ1n) is 7.30. The van der Waals surface area contributed by atoms with Gasteiger partial charge in [0.25, 0.3) is 0 Å². The first kappa shape index (κ1) is 13.4. The average molecular weight is 273 g/mol. The number of allylic oxidation sites excluding steroid dienone is 3. The van der Waals surface area contributed by atoms with Gasteiger partial charge >= 0.3 is 0 Å². The Morgan fingerprint density at radius 1 is 0.762 bits per heavy atom. The minimum atomic E-state index is 0.283. The molecule has 1 atom stereocenters. The lowest BCUT2D eigenvalue weighted by Gasteiger charge is -2.17. The van der Waals surface area contributed by atoms with E-state index in [9.17, 15) is 0 Å². The molecule has 2 aromatic rings. The highest BCUT2D eigenvalue weighted by atomic mass is 14.9. The van der Waals surface area contributed by atoms with Gasteiger partial charge in [-0.1, -0.05) is 72.8 Å². The molecule has 1 aliphatic rings. The Bertz CT molecular complexity index is 693. The number of nitrogens with one attached hydrogen (secondary N) is 1. The normalized spacial score (nSPS) is 20.1. The maximum absolute atomic E-state index is 3.56. The lowest BCUT2D eigenvalue weighted by Crippen LogP contribution is -2.16. The largest absolute Gasteiger partial charge is 0.379 e. The zero-order valence-electron chi connectivity index (χ0n) is 12.2. The van der Waals surface area contributed by atoms with Crippen LogP contribution in [0.2, 0.25) is 0 Å². The summed E-state index contributed by atoms with van der Waals surface area (Å²) in [6.07, 6.45) is 10.7. The smallest absolute Gasteiger partial charge is 0.0485 e. The molecular weight excluding hydrogens is 254 g/mol. The van der Waals surface area contributed by atoms with Crippen LogP contribution >= 0.6 is 0 Å². The molecule has 0 heterocycles. The second kappa shape index (κ2) is 6.27. The van der Waals surface area contributed by atoms with Gasteiger partial charge in [0.15, 0.2) is 0 Å². The van der Waals surface area contributed by atoms with E-state index in [1.165, 1.54) is 16.7 Å². The van der Waals surface area contributed by atoms with Gasteiger partial charge in [-0.15, -0.1) is 0 Å². The van der Waals surface area contributed by atoms with Crippen molar-refractivity contribution in [3.05, 3.63) is 95.2 Å². The van der Waals surface area contributed by atoms with Crippen molar-refractivity contribution in [1.29, 1.82) is 0 Å². The lowest BCUT2D eigenvalue weighted by molar-refractivity contribution is 0.666. The molecule has 0 aromatic heterocycles. The Morgan fingerprint density at radius 3 is 2.19 bits per heavy atom. The van der Waals surface area contributed by atoms with Crippen LogP contribution in [0, 0.1) is 0 Å². The molecule has 1 aliphatic carbocycles. The first-order chi connectivity index (χ1) is 10.3. The Kier molecular flexibility index (Phi) is 4.02. The molecule has 0 unspecified atom stereocenters. The number of fused-ring (bicyclic) bond motifs is 1. The van der Waals surface area contributed by atoms with E-state index in [4.69, 9.17) is 0 Å². The van der Waals surface area contributed by atoms with Crippen molar-refractivity contribution in [2.45, 2.75) is 13.0 Å². The topological polar surface area (TPSA) is 12.0 Å². The van der Waals surface area contributed by atoms with Crippen LogP contribution in [0.15, 0.2) is 78.5 Å². The SMILES string of the molecule is C[C@@H](NC1=C/C=C\c2ccccc2/C=C\1)c1ccccc1. The maximum atomic E-state index is 3.56. The molecule has 21 heavy (non-hydrogen) atoms. The Hall–Kier alpha value is -2.54. The second-order valence-corrected chi connectivity index (χ2v) is 5.22. The molecule has 0 fully saturated rings. The van der Waals surface area contributed by atoms with Crippen LogP contribution in [-0.2, 0) is 0 Å². The summed E-state index contributed by atoms with van der Waals surface area (Å²) < 4.78 is 0. The molecule has 0 aliphatic heterocycles. The molecule has 0 saturated heterocycles. The van der Waals surface area contributed by atoms with Gasteiger partial charge in [-0.3, -0.25) is 0 Å². The van der Waals surface area contributed by atoms with E-state index in [0.29, 0.717) is 0 Å². The summed E-state index contributed by atoms with van der Waals surface area (Å²) in [5.41, 5.74) is 4.91. The summed E-state index contributed by atoms with van der Waals surface area (Å²) in [5.74, 6) is 0. The fraction of sp³-hybridized carbons (Fsp3) is 0.100. The molecule has 0 spiro atoms. The third-order valence-electron chi connectivity index (χ3n) is 3.67. The molecule has 0 bridgehead atoms. The Morgan fingerprint density at radius 2 is 1.43 bits per heavy atom. The molecule has 1 heteroatoms.